The van der Waals surface area contributed by atoms with Gasteiger partial charge >= 0.3 is 5.97 Å². The van der Waals surface area contributed by atoms with E-state index < -0.39 is 4.92 Å². The third-order valence-electron chi connectivity index (χ3n) is 2.82. The van der Waals surface area contributed by atoms with Gasteiger partial charge in [-0.1, -0.05) is 20.8 Å². The van der Waals surface area contributed by atoms with Gasteiger partial charge < -0.3 is 9.15 Å². The van der Waals surface area contributed by atoms with Crippen molar-refractivity contribution in [1.82, 2.24) is 10.2 Å². The first-order chi connectivity index (χ1) is 10.7. The van der Waals surface area contributed by atoms with Crippen LogP contribution in [0.15, 0.2) is 28.7 Å². The number of nitro benzene ring substituents is 1. The molecule has 0 aliphatic heterocycles. The van der Waals surface area contributed by atoms with Crippen molar-refractivity contribution in [2.24, 2.45) is 5.41 Å². The summed E-state index contributed by atoms with van der Waals surface area (Å²) in [5, 5.41) is 18.2. The fourth-order valence-electron chi connectivity index (χ4n) is 1.78. The van der Waals surface area contributed by atoms with Crippen molar-refractivity contribution in [3.05, 3.63) is 40.3 Å². The number of aromatic nitrogens is 2. The molecule has 122 valence electrons. The van der Waals surface area contributed by atoms with E-state index in [1.54, 1.807) is 0 Å². The zero-order chi connectivity index (χ0) is 17.0. The molecule has 23 heavy (non-hydrogen) atoms. The lowest BCUT2D eigenvalue weighted by Crippen LogP contribution is -2.15. The summed E-state index contributed by atoms with van der Waals surface area (Å²) in [5.41, 5.74) is 0.371. The molecule has 1 aromatic carbocycles. The van der Waals surface area contributed by atoms with Gasteiger partial charge in [-0.15, -0.1) is 10.2 Å². The van der Waals surface area contributed by atoms with Crippen molar-refractivity contribution < 1.29 is 18.9 Å². The summed E-state index contributed by atoms with van der Waals surface area (Å²) >= 11 is 0. The molecule has 8 heteroatoms. The third kappa shape index (κ3) is 4.87. The van der Waals surface area contributed by atoms with Crippen LogP contribution in [0.3, 0.4) is 0 Å². The van der Waals surface area contributed by atoms with Crippen molar-refractivity contribution in [1.29, 1.82) is 0 Å². The van der Waals surface area contributed by atoms with Crippen molar-refractivity contribution in [2.45, 2.75) is 33.8 Å². The Morgan fingerprint density at radius 3 is 2.48 bits per heavy atom. The molecule has 0 aliphatic rings. The zero-order valence-electron chi connectivity index (χ0n) is 13.1. The largest absolute Gasteiger partial charge is 0.456 e. The Hall–Kier alpha value is -2.77. The molecule has 0 fully saturated rings. The molecule has 0 unspecified atom stereocenters. The quantitative estimate of drug-likeness (QED) is 0.473. The lowest BCUT2D eigenvalue weighted by Gasteiger charge is -2.15. The predicted octanol–water partition coefficient (Wildman–Crippen LogP) is 3.12. The molecule has 0 saturated carbocycles. The molecule has 2 aromatic rings. The summed E-state index contributed by atoms with van der Waals surface area (Å²) in [5.74, 6) is 0.0370. The summed E-state index contributed by atoms with van der Waals surface area (Å²) in [7, 11) is 0. The molecule has 8 nitrogen and oxygen atoms in total. The first-order valence-electron chi connectivity index (χ1n) is 6.97. The van der Waals surface area contributed by atoms with Crippen LogP contribution in [0.2, 0.25) is 0 Å². The molecule has 0 N–H and O–H groups in total. The maximum Gasteiger partial charge on any atom is 0.306 e. The zero-order valence-corrected chi connectivity index (χ0v) is 13.1. The van der Waals surface area contributed by atoms with Gasteiger partial charge in [0.05, 0.1) is 11.3 Å². The van der Waals surface area contributed by atoms with Gasteiger partial charge in [0.15, 0.2) is 6.61 Å². The minimum Gasteiger partial charge on any atom is -0.456 e. The summed E-state index contributed by atoms with van der Waals surface area (Å²) in [4.78, 5) is 21.8. The molecule has 0 atom stereocenters. The number of esters is 1. The average molecular weight is 319 g/mol. The number of hydrogen-bond donors (Lipinski definition) is 0. The van der Waals surface area contributed by atoms with Crippen LogP contribution < -0.4 is 0 Å². The van der Waals surface area contributed by atoms with Crippen molar-refractivity contribution in [3.63, 3.8) is 0 Å². The monoisotopic (exact) mass is 319 g/mol. The van der Waals surface area contributed by atoms with Gasteiger partial charge in [0.25, 0.3) is 11.6 Å². The molecule has 0 bridgehead atoms. The number of non-ortho nitro benzene ring substituents is 1. The Balaban J connectivity index is 1.98. The minimum absolute atomic E-state index is 0.0235. The second-order valence-electron chi connectivity index (χ2n) is 6.20. The van der Waals surface area contributed by atoms with E-state index in [0.29, 0.717) is 5.56 Å². The Morgan fingerprint density at radius 1 is 1.26 bits per heavy atom. The molecular weight excluding hydrogens is 302 g/mol. The van der Waals surface area contributed by atoms with Crippen molar-refractivity contribution in [2.75, 3.05) is 0 Å². The number of nitrogens with zero attached hydrogens (tertiary/aromatic N) is 3. The molecule has 0 aliphatic carbocycles. The van der Waals surface area contributed by atoms with Crippen LogP contribution in [0.4, 0.5) is 5.69 Å². The molecule has 2 rings (SSSR count). The Morgan fingerprint density at radius 2 is 1.91 bits per heavy atom. The number of hydrogen-bond acceptors (Lipinski definition) is 7. The molecule has 0 radical (unpaired) electrons. The standard InChI is InChI=1S/C15H17N3O5/c1-15(2,3)8-13(19)22-9-12-16-17-14(23-12)10-4-6-11(7-5-10)18(20)21/h4-7H,8-9H2,1-3H3. The molecule has 1 heterocycles. The fraction of sp³-hybridized carbons (Fsp3) is 0.400. The van der Waals surface area contributed by atoms with Crippen LogP contribution >= 0.6 is 0 Å². The van der Waals surface area contributed by atoms with E-state index in [0.717, 1.165) is 0 Å². The number of benzene rings is 1. The maximum atomic E-state index is 11.6. The number of ether oxygens (including phenoxy) is 1. The molecule has 0 saturated heterocycles. The van der Waals surface area contributed by atoms with Gasteiger partial charge in [0.2, 0.25) is 5.89 Å². The van der Waals surface area contributed by atoms with Crippen LogP contribution in [0.25, 0.3) is 11.5 Å². The molecular formula is C15H17N3O5. The topological polar surface area (TPSA) is 108 Å². The van der Waals surface area contributed by atoms with Gasteiger partial charge in [0.1, 0.15) is 0 Å². The Labute approximate surface area is 132 Å². The highest BCUT2D eigenvalue weighted by molar-refractivity contribution is 5.70. The first kappa shape index (κ1) is 16.6. The highest BCUT2D eigenvalue weighted by Crippen LogP contribution is 2.22. The van der Waals surface area contributed by atoms with Crippen LogP contribution in [0, 0.1) is 15.5 Å². The van der Waals surface area contributed by atoms with Gasteiger partial charge in [0, 0.05) is 17.7 Å². The predicted molar refractivity (Wildman–Crippen MR) is 80.3 cm³/mol. The van der Waals surface area contributed by atoms with E-state index in [9.17, 15) is 14.9 Å². The van der Waals surface area contributed by atoms with E-state index in [4.69, 9.17) is 9.15 Å². The summed E-state index contributed by atoms with van der Waals surface area (Å²) in [6, 6.07) is 5.73. The van der Waals surface area contributed by atoms with Gasteiger partial charge in [-0.2, -0.15) is 0 Å². The Bertz CT molecular complexity index is 701. The molecule has 0 spiro atoms. The number of rotatable bonds is 5. The highest BCUT2D eigenvalue weighted by atomic mass is 16.6. The van der Waals surface area contributed by atoms with E-state index >= 15 is 0 Å². The Kier molecular flexibility index (Phi) is 4.73. The van der Waals surface area contributed by atoms with E-state index in [1.807, 2.05) is 20.8 Å². The number of carbonyl (C=O) groups excluding carboxylic acids is 1. The second kappa shape index (κ2) is 6.55. The van der Waals surface area contributed by atoms with Crippen molar-refractivity contribution >= 4 is 11.7 Å². The number of carbonyl (C=O) groups is 1. The maximum absolute atomic E-state index is 11.6. The fourth-order valence-corrected chi connectivity index (χ4v) is 1.78. The second-order valence-corrected chi connectivity index (χ2v) is 6.20. The number of nitro groups is 1. The van der Waals surface area contributed by atoms with Crippen LogP contribution in [0.1, 0.15) is 33.1 Å². The summed E-state index contributed by atoms with van der Waals surface area (Å²) in [6.45, 7) is 5.71. The van der Waals surface area contributed by atoms with Crippen molar-refractivity contribution in [3.8, 4) is 11.5 Å². The van der Waals surface area contributed by atoms with Gasteiger partial charge in [-0.3, -0.25) is 14.9 Å². The summed E-state index contributed by atoms with van der Waals surface area (Å²) < 4.78 is 10.5. The molecule has 0 amide bonds. The third-order valence-corrected chi connectivity index (χ3v) is 2.82. The van der Waals surface area contributed by atoms with Gasteiger partial charge in [-0.05, 0) is 17.5 Å². The molecule has 1 aromatic heterocycles. The van der Waals surface area contributed by atoms with Crippen LogP contribution in [0.5, 0.6) is 0 Å². The SMILES string of the molecule is CC(C)(C)CC(=O)OCc1nnc(-c2ccc([N+](=O)[O-])cc2)o1. The van der Waals surface area contributed by atoms with E-state index in [1.165, 1.54) is 24.3 Å². The highest BCUT2D eigenvalue weighted by Gasteiger charge is 2.18. The van der Waals surface area contributed by atoms with E-state index in [-0.39, 0.29) is 41.9 Å². The lowest BCUT2D eigenvalue weighted by atomic mass is 9.93. The normalized spacial score (nSPS) is 11.3. The van der Waals surface area contributed by atoms with Gasteiger partial charge in [-0.25, -0.2) is 0 Å². The van der Waals surface area contributed by atoms with Crippen LogP contribution in [-0.2, 0) is 16.1 Å². The first-order valence-corrected chi connectivity index (χ1v) is 6.97. The van der Waals surface area contributed by atoms with E-state index in [2.05, 4.69) is 10.2 Å². The minimum atomic E-state index is -0.488. The van der Waals surface area contributed by atoms with Crippen LogP contribution in [-0.4, -0.2) is 21.1 Å². The summed E-state index contributed by atoms with van der Waals surface area (Å²) in [6.07, 6.45) is 0.288. The average Bonchev–Trinajstić information content (AvgIpc) is 2.92. The smallest absolute Gasteiger partial charge is 0.306 e. The lowest BCUT2D eigenvalue weighted by molar-refractivity contribution is -0.384.